The maximum Gasteiger partial charge on any atom is 0.0351 e. The topological polar surface area (TPSA) is 12.0 Å². The Morgan fingerprint density at radius 2 is 2.16 bits per heavy atom. The lowest BCUT2D eigenvalue weighted by Gasteiger charge is -2.02. The van der Waals surface area contributed by atoms with Crippen molar-refractivity contribution < 1.29 is 0 Å². The average Bonchev–Trinajstić information content (AvgIpc) is 3.08. The molecule has 4 heteroatoms. The summed E-state index contributed by atoms with van der Waals surface area (Å²) in [5, 5.41) is 7.95. The maximum atomic E-state index is 3.54. The van der Waals surface area contributed by atoms with E-state index in [0.717, 1.165) is 13.1 Å². The van der Waals surface area contributed by atoms with Crippen molar-refractivity contribution in [3.63, 3.8) is 0 Å². The normalized spacial score (nSPS) is 11.0. The quantitative estimate of drug-likeness (QED) is 0.647. The van der Waals surface area contributed by atoms with Crippen molar-refractivity contribution in [3.05, 3.63) is 33.8 Å². The van der Waals surface area contributed by atoms with Crippen LogP contribution in [-0.4, -0.2) is 18.6 Å². The second kappa shape index (κ2) is 8.80. The van der Waals surface area contributed by atoms with Crippen LogP contribution in [0, 0.1) is 0 Å². The molecule has 0 unspecified atom stereocenters. The highest BCUT2D eigenvalue weighted by molar-refractivity contribution is 7.98. The van der Waals surface area contributed by atoms with Crippen LogP contribution in [0.5, 0.6) is 0 Å². The van der Waals surface area contributed by atoms with Crippen LogP contribution in [0.3, 0.4) is 0 Å². The molecule has 0 fully saturated rings. The number of hydrogen-bond donors (Lipinski definition) is 1. The van der Waals surface area contributed by atoms with Gasteiger partial charge in [-0.1, -0.05) is 12.5 Å². The first-order chi connectivity index (χ1) is 9.40. The van der Waals surface area contributed by atoms with Crippen LogP contribution in [-0.2, 0) is 6.54 Å². The molecule has 0 bridgehead atoms. The van der Waals surface area contributed by atoms with Gasteiger partial charge in [-0.25, -0.2) is 0 Å². The number of unbranched alkanes of at least 4 members (excludes halogenated alkanes) is 2. The smallest absolute Gasteiger partial charge is 0.0351 e. The Labute approximate surface area is 128 Å². The molecule has 19 heavy (non-hydrogen) atoms. The molecule has 0 aliphatic rings. The van der Waals surface area contributed by atoms with Crippen molar-refractivity contribution in [1.82, 2.24) is 5.32 Å². The molecule has 0 aliphatic heterocycles. The Bertz CT molecular complexity index is 448. The number of hydrogen-bond acceptors (Lipinski definition) is 4. The highest BCUT2D eigenvalue weighted by Gasteiger charge is 2.02. The molecule has 2 heterocycles. The van der Waals surface area contributed by atoms with Crippen molar-refractivity contribution in [2.75, 3.05) is 18.6 Å². The molecular weight excluding hydrogens is 290 g/mol. The van der Waals surface area contributed by atoms with Gasteiger partial charge >= 0.3 is 0 Å². The fraction of sp³-hybridized carbons (Fsp3) is 0.467. The van der Waals surface area contributed by atoms with Crippen LogP contribution in [0.2, 0.25) is 0 Å². The van der Waals surface area contributed by atoms with E-state index in [2.05, 4.69) is 40.5 Å². The molecular formula is C15H21NS3. The number of thiophene rings is 2. The number of nitrogens with one attached hydrogen (secondary N) is 1. The summed E-state index contributed by atoms with van der Waals surface area (Å²) in [6.45, 7) is 2.15. The lowest BCUT2D eigenvalue weighted by atomic mass is 10.2. The van der Waals surface area contributed by atoms with Gasteiger partial charge in [0.2, 0.25) is 0 Å². The van der Waals surface area contributed by atoms with Crippen LogP contribution in [0.15, 0.2) is 29.0 Å². The lowest BCUT2D eigenvalue weighted by molar-refractivity contribution is 0.622. The second-order valence-electron chi connectivity index (χ2n) is 4.51. The van der Waals surface area contributed by atoms with E-state index in [0.29, 0.717) is 0 Å². The monoisotopic (exact) mass is 311 g/mol. The Morgan fingerprint density at radius 3 is 2.95 bits per heavy atom. The summed E-state index contributed by atoms with van der Waals surface area (Å²) in [6.07, 6.45) is 6.17. The molecule has 2 aromatic heterocycles. The molecule has 0 spiro atoms. The summed E-state index contributed by atoms with van der Waals surface area (Å²) in [7, 11) is 0. The van der Waals surface area contributed by atoms with E-state index >= 15 is 0 Å². The average molecular weight is 312 g/mol. The van der Waals surface area contributed by atoms with Gasteiger partial charge in [0.15, 0.2) is 0 Å². The summed E-state index contributed by atoms with van der Waals surface area (Å²) >= 11 is 5.62. The van der Waals surface area contributed by atoms with Crippen LogP contribution in [0.4, 0.5) is 0 Å². The van der Waals surface area contributed by atoms with Gasteiger partial charge in [0.25, 0.3) is 0 Å². The number of rotatable bonds is 9. The Morgan fingerprint density at radius 1 is 1.21 bits per heavy atom. The highest BCUT2D eigenvalue weighted by Crippen LogP contribution is 2.29. The third kappa shape index (κ3) is 5.30. The molecule has 0 radical (unpaired) electrons. The predicted octanol–water partition coefficient (Wildman–Crippen LogP) is 5.10. The van der Waals surface area contributed by atoms with Gasteiger partial charge in [0.1, 0.15) is 0 Å². The molecule has 1 nitrogen and oxygen atoms in total. The van der Waals surface area contributed by atoms with Gasteiger partial charge in [-0.2, -0.15) is 11.8 Å². The first-order valence-corrected chi connectivity index (χ1v) is 9.86. The summed E-state index contributed by atoms with van der Waals surface area (Å²) in [4.78, 5) is 2.81. The highest BCUT2D eigenvalue weighted by atomic mass is 32.2. The third-order valence-corrected chi connectivity index (χ3v) is 5.51. The van der Waals surface area contributed by atoms with Crippen LogP contribution in [0.25, 0.3) is 10.4 Å². The minimum atomic E-state index is 1.01. The zero-order valence-electron chi connectivity index (χ0n) is 11.4. The van der Waals surface area contributed by atoms with Crippen molar-refractivity contribution in [2.45, 2.75) is 25.8 Å². The minimum Gasteiger partial charge on any atom is -0.312 e. The van der Waals surface area contributed by atoms with Gasteiger partial charge < -0.3 is 5.32 Å². The van der Waals surface area contributed by atoms with Crippen molar-refractivity contribution in [2.24, 2.45) is 0 Å². The summed E-state index contributed by atoms with van der Waals surface area (Å²) in [6, 6.07) is 6.62. The molecule has 0 aliphatic carbocycles. The van der Waals surface area contributed by atoms with E-state index in [-0.39, 0.29) is 0 Å². The maximum absolute atomic E-state index is 3.54. The van der Waals surface area contributed by atoms with Gasteiger partial charge in [-0.15, -0.1) is 22.7 Å². The molecule has 1 N–H and O–H groups in total. The third-order valence-electron chi connectivity index (χ3n) is 2.96. The van der Waals surface area contributed by atoms with Crippen molar-refractivity contribution in [1.29, 1.82) is 0 Å². The number of thioether (sulfide) groups is 1. The van der Waals surface area contributed by atoms with Gasteiger partial charge in [0, 0.05) is 21.9 Å². The van der Waals surface area contributed by atoms with E-state index in [1.165, 1.54) is 40.3 Å². The molecule has 0 saturated heterocycles. The fourth-order valence-corrected chi connectivity index (χ4v) is 4.07. The largest absolute Gasteiger partial charge is 0.312 e. The van der Waals surface area contributed by atoms with Crippen LogP contribution >= 0.6 is 34.4 Å². The van der Waals surface area contributed by atoms with E-state index in [1.54, 1.807) is 0 Å². The van der Waals surface area contributed by atoms with Gasteiger partial charge in [-0.05, 0) is 54.3 Å². The van der Waals surface area contributed by atoms with Crippen molar-refractivity contribution in [3.8, 4) is 10.4 Å². The SMILES string of the molecule is CSCCCCCNCc1cc(-c2cccs2)cs1. The van der Waals surface area contributed by atoms with Crippen molar-refractivity contribution >= 4 is 34.4 Å². The first kappa shape index (κ1) is 15.1. The van der Waals surface area contributed by atoms with E-state index in [1.807, 2.05) is 34.4 Å². The van der Waals surface area contributed by atoms with E-state index in [9.17, 15) is 0 Å². The van der Waals surface area contributed by atoms with Gasteiger partial charge in [0.05, 0.1) is 0 Å². The summed E-state index contributed by atoms with van der Waals surface area (Å²) in [5.74, 6) is 1.30. The lowest BCUT2D eigenvalue weighted by Crippen LogP contribution is -2.13. The molecule has 104 valence electrons. The zero-order valence-corrected chi connectivity index (χ0v) is 13.8. The van der Waals surface area contributed by atoms with Crippen LogP contribution in [0.1, 0.15) is 24.1 Å². The van der Waals surface area contributed by atoms with Crippen LogP contribution < -0.4 is 5.32 Å². The fourth-order valence-electron chi connectivity index (χ4n) is 1.93. The molecule has 0 atom stereocenters. The zero-order chi connectivity index (χ0) is 13.3. The molecule has 2 rings (SSSR count). The standard InChI is InChI=1S/C15H21NS3/c1-17-8-4-2-3-7-16-11-14-10-13(12-19-14)15-6-5-9-18-15/h5-6,9-10,12,16H,2-4,7-8,11H2,1H3. The van der Waals surface area contributed by atoms with E-state index < -0.39 is 0 Å². The summed E-state index contributed by atoms with van der Waals surface area (Å²) in [5.41, 5.74) is 1.37. The van der Waals surface area contributed by atoms with E-state index in [4.69, 9.17) is 0 Å². The minimum absolute atomic E-state index is 1.01. The first-order valence-electron chi connectivity index (χ1n) is 6.71. The molecule has 0 amide bonds. The Hall–Kier alpha value is -0.290. The predicted molar refractivity (Wildman–Crippen MR) is 91.6 cm³/mol. The Kier molecular flexibility index (Phi) is 6.99. The molecule has 2 aromatic rings. The van der Waals surface area contributed by atoms with Gasteiger partial charge in [-0.3, -0.25) is 0 Å². The molecule has 0 saturated carbocycles. The Balaban J connectivity index is 1.64. The second-order valence-corrected chi connectivity index (χ2v) is 7.44. The summed E-state index contributed by atoms with van der Waals surface area (Å²) < 4.78 is 0. The molecule has 0 aromatic carbocycles.